The van der Waals surface area contributed by atoms with Crippen LogP contribution < -0.4 is 11.1 Å². The Bertz CT molecular complexity index is 493. The molecule has 0 spiro atoms. The molecule has 1 rings (SSSR count). The Hall–Kier alpha value is -2.08. The van der Waals surface area contributed by atoms with Crippen molar-refractivity contribution in [3.8, 4) is 0 Å². The number of aliphatic carboxylic acids is 1. The first kappa shape index (κ1) is 21.0. The van der Waals surface area contributed by atoms with Gasteiger partial charge in [-0.15, -0.1) is 0 Å². The first-order chi connectivity index (χ1) is 12.1. The van der Waals surface area contributed by atoms with Gasteiger partial charge in [0.1, 0.15) is 12.6 Å². The highest BCUT2D eigenvalue weighted by Gasteiger charge is 2.09. The van der Waals surface area contributed by atoms with Gasteiger partial charge in [-0.2, -0.15) is 0 Å². The number of nitrogens with one attached hydrogen (secondary N) is 1. The second kappa shape index (κ2) is 13.2. The van der Waals surface area contributed by atoms with Gasteiger partial charge in [0.05, 0.1) is 0 Å². The third-order valence-corrected chi connectivity index (χ3v) is 3.99. The number of amides is 1. The van der Waals surface area contributed by atoms with Crippen LogP contribution in [0.15, 0.2) is 30.3 Å². The van der Waals surface area contributed by atoms with Crippen molar-refractivity contribution in [1.29, 1.82) is 0 Å². The second-order valence-electron chi connectivity index (χ2n) is 6.20. The molecule has 1 aromatic rings. The maximum absolute atomic E-state index is 11.5. The highest BCUT2D eigenvalue weighted by atomic mass is 16.5. The Kier molecular flexibility index (Phi) is 11.1. The molecule has 1 atom stereocenters. The maximum Gasteiger partial charge on any atom is 0.407 e. The van der Waals surface area contributed by atoms with E-state index in [1.165, 1.54) is 0 Å². The van der Waals surface area contributed by atoms with E-state index in [1.54, 1.807) is 0 Å². The molecule has 0 saturated carbocycles. The van der Waals surface area contributed by atoms with Crippen LogP contribution in [0.3, 0.4) is 0 Å². The summed E-state index contributed by atoms with van der Waals surface area (Å²) in [5, 5.41) is 11.4. The van der Waals surface area contributed by atoms with E-state index < -0.39 is 12.0 Å². The summed E-state index contributed by atoms with van der Waals surface area (Å²) in [4.78, 5) is 22.1. The monoisotopic (exact) mass is 350 g/mol. The first-order valence-electron chi connectivity index (χ1n) is 9.02. The van der Waals surface area contributed by atoms with Crippen molar-refractivity contribution in [1.82, 2.24) is 5.32 Å². The number of rotatable bonds is 13. The molecule has 0 bridgehead atoms. The van der Waals surface area contributed by atoms with Gasteiger partial charge in [0.2, 0.25) is 0 Å². The number of unbranched alkanes of at least 4 members (excludes halogenated alkanes) is 6. The molecule has 4 N–H and O–H groups in total. The van der Waals surface area contributed by atoms with Crippen molar-refractivity contribution in [3.05, 3.63) is 35.9 Å². The Balaban J connectivity index is 1.86. The molecule has 25 heavy (non-hydrogen) atoms. The molecule has 0 radical (unpaired) electrons. The highest BCUT2D eigenvalue weighted by molar-refractivity contribution is 5.72. The van der Waals surface area contributed by atoms with E-state index in [0.717, 1.165) is 50.5 Å². The minimum Gasteiger partial charge on any atom is -0.480 e. The molecule has 0 unspecified atom stereocenters. The molecule has 1 amide bonds. The predicted molar refractivity (Wildman–Crippen MR) is 97.2 cm³/mol. The van der Waals surface area contributed by atoms with Crippen LogP contribution in [0.1, 0.15) is 56.9 Å². The Labute approximate surface area is 149 Å². The Morgan fingerprint density at radius 3 is 2.24 bits per heavy atom. The number of nitrogens with two attached hydrogens (primary N) is 1. The van der Waals surface area contributed by atoms with Crippen LogP contribution in [0, 0.1) is 0 Å². The fourth-order valence-corrected chi connectivity index (χ4v) is 2.46. The molecule has 0 aliphatic carbocycles. The molecule has 0 saturated heterocycles. The third kappa shape index (κ3) is 11.2. The lowest BCUT2D eigenvalue weighted by atomic mass is 10.1. The number of carbonyl (C=O) groups excluding carboxylic acids is 1. The first-order valence-corrected chi connectivity index (χ1v) is 9.02. The number of carboxylic acid groups (broad SMARTS) is 1. The fraction of sp³-hybridized carbons (Fsp3) is 0.579. The smallest absolute Gasteiger partial charge is 0.407 e. The SMILES string of the molecule is N[C@@H](CCCCCCCCCNC(=O)OCc1ccccc1)C(=O)O. The third-order valence-electron chi connectivity index (χ3n) is 3.99. The Morgan fingerprint density at radius 1 is 1.00 bits per heavy atom. The lowest BCUT2D eigenvalue weighted by Gasteiger charge is -2.07. The maximum atomic E-state index is 11.5. The molecule has 1 aromatic carbocycles. The molecular formula is C19H30N2O4. The van der Waals surface area contributed by atoms with E-state index in [9.17, 15) is 9.59 Å². The van der Waals surface area contributed by atoms with Gasteiger partial charge in [-0.05, 0) is 18.4 Å². The Morgan fingerprint density at radius 2 is 1.60 bits per heavy atom. The largest absolute Gasteiger partial charge is 0.480 e. The van der Waals surface area contributed by atoms with Crippen LogP contribution >= 0.6 is 0 Å². The van der Waals surface area contributed by atoms with Crippen molar-refractivity contribution in [2.45, 2.75) is 64.0 Å². The van der Waals surface area contributed by atoms with Crippen molar-refractivity contribution < 1.29 is 19.4 Å². The summed E-state index contributed by atoms with van der Waals surface area (Å²) in [6, 6.07) is 8.86. The quantitative estimate of drug-likeness (QED) is 0.473. The standard InChI is InChI=1S/C19H30N2O4/c20-17(18(22)23)13-9-4-2-1-3-5-10-14-21-19(24)25-15-16-11-7-6-8-12-16/h6-8,11-12,17H,1-5,9-10,13-15,20H2,(H,21,24)(H,22,23)/t17-/m0/s1. The van der Waals surface area contributed by atoms with E-state index in [4.69, 9.17) is 15.6 Å². The van der Waals surface area contributed by atoms with E-state index in [1.807, 2.05) is 30.3 Å². The molecule has 0 heterocycles. The zero-order valence-corrected chi connectivity index (χ0v) is 14.8. The van der Waals surface area contributed by atoms with E-state index >= 15 is 0 Å². The average molecular weight is 350 g/mol. The van der Waals surface area contributed by atoms with Crippen LogP contribution in [-0.4, -0.2) is 29.8 Å². The number of alkyl carbamates (subject to hydrolysis) is 1. The molecule has 0 aliphatic heterocycles. The van der Waals surface area contributed by atoms with E-state index in [0.29, 0.717) is 13.0 Å². The van der Waals surface area contributed by atoms with Gasteiger partial charge in [0, 0.05) is 6.54 Å². The summed E-state index contributed by atoms with van der Waals surface area (Å²) in [5.74, 6) is -0.921. The number of carboxylic acids is 1. The number of hydrogen-bond donors (Lipinski definition) is 3. The lowest BCUT2D eigenvalue weighted by Crippen LogP contribution is -2.29. The number of ether oxygens (including phenoxy) is 1. The van der Waals surface area contributed by atoms with Gasteiger partial charge in [0.25, 0.3) is 0 Å². The van der Waals surface area contributed by atoms with Crippen molar-refractivity contribution in [2.24, 2.45) is 5.73 Å². The number of benzene rings is 1. The van der Waals surface area contributed by atoms with E-state index in [-0.39, 0.29) is 12.7 Å². The van der Waals surface area contributed by atoms with Crippen LogP contribution in [0.2, 0.25) is 0 Å². The van der Waals surface area contributed by atoms with Crippen LogP contribution in [0.4, 0.5) is 4.79 Å². The van der Waals surface area contributed by atoms with Crippen LogP contribution in [0.25, 0.3) is 0 Å². The highest BCUT2D eigenvalue weighted by Crippen LogP contribution is 2.09. The number of carbonyl (C=O) groups is 2. The minimum atomic E-state index is -0.921. The predicted octanol–water partition coefficient (Wildman–Crippen LogP) is 3.45. The summed E-state index contributed by atoms with van der Waals surface area (Å²) >= 11 is 0. The molecule has 0 fully saturated rings. The topological polar surface area (TPSA) is 102 Å². The summed E-state index contributed by atoms with van der Waals surface area (Å²) < 4.78 is 5.13. The molecule has 140 valence electrons. The van der Waals surface area contributed by atoms with Crippen LogP contribution in [0.5, 0.6) is 0 Å². The molecule has 0 aliphatic rings. The second-order valence-corrected chi connectivity index (χ2v) is 6.20. The fourth-order valence-electron chi connectivity index (χ4n) is 2.46. The van der Waals surface area contributed by atoms with Gasteiger partial charge < -0.3 is 20.9 Å². The zero-order chi connectivity index (χ0) is 18.3. The normalized spacial score (nSPS) is 11.7. The molecule has 6 nitrogen and oxygen atoms in total. The van der Waals surface area contributed by atoms with E-state index in [2.05, 4.69) is 5.32 Å². The van der Waals surface area contributed by atoms with Crippen molar-refractivity contribution in [3.63, 3.8) is 0 Å². The average Bonchev–Trinajstić information content (AvgIpc) is 2.62. The molecular weight excluding hydrogens is 320 g/mol. The van der Waals surface area contributed by atoms with Gasteiger partial charge in [-0.3, -0.25) is 4.79 Å². The molecule has 6 heteroatoms. The lowest BCUT2D eigenvalue weighted by molar-refractivity contribution is -0.138. The van der Waals surface area contributed by atoms with Crippen molar-refractivity contribution in [2.75, 3.05) is 6.54 Å². The molecule has 0 aromatic heterocycles. The summed E-state index contributed by atoms with van der Waals surface area (Å²) in [6.07, 6.45) is 7.39. The van der Waals surface area contributed by atoms with Crippen molar-refractivity contribution >= 4 is 12.1 Å². The minimum absolute atomic E-state index is 0.290. The summed E-state index contributed by atoms with van der Waals surface area (Å²) in [7, 11) is 0. The number of hydrogen-bond acceptors (Lipinski definition) is 4. The summed E-state index contributed by atoms with van der Waals surface area (Å²) in [5.41, 5.74) is 6.42. The van der Waals surface area contributed by atoms with Gasteiger partial charge >= 0.3 is 12.1 Å². The van der Waals surface area contributed by atoms with Gasteiger partial charge in [-0.25, -0.2) is 4.79 Å². The summed E-state index contributed by atoms with van der Waals surface area (Å²) in [6.45, 7) is 0.916. The van der Waals surface area contributed by atoms with Crippen LogP contribution in [-0.2, 0) is 16.1 Å². The van der Waals surface area contributed by atoms with Gasteiger partial charge in [0.15, 0.2) is 0 Å². The van der Waals surface area contributed by atoms with Gasteiger partial charge in [-0.1, -0.05) is 68.9 Å². The zero-order valence-electron chi connectivity index (χ0n) is 14.8.